The van der Waals surface area contributed by atoms with Gasteiger partial charge in [-0.3, -0.25) is 4.79 Å². The number of ether oxygens (including phenoxy) is 3. The predicted molar refractivity (Wildman–Crippen MR) is 98.9 cm³/mol. The fraction of sp³-hybridized carbons (Fsp3) is 0.632. The Balaban J connectivity index is 1.87. The van der Waals surface area contributed by atoms with Crippen LogP contribution in [0.15, 0.2) is 28.7 Å². The van der Waals surface area contributed by atoms with Crippen LogP contribution in [0.3, 0.4) is 0 Å². The van der Waals surface area contributed by atoms with Crippen LogP contribution in [0.25, 0.3) is 0 Å². The summed E-state index contributed by atoms with van der Waals surface area (Å²) in [4.78, 5) is 14.7. The number of thiophene rings is 1. The van der Waals surface area contributed by atoms with Crippen molar-refractivity contribution in [1.82, 2.24) is 4.90 Å². The normalized spacial score (nSPS) is 26.3. The number of morpholine rings is 1. The number of hydrogen-bond donors (Lipinski definition) is 1. The SMILES string of the molecule is CCO[C@H]1OC(C(=O)N2CCOCC2)=C[C@@H](c2ccsc2)[C@H]1CCCO. The van der Waals surface area contributed by atoms with Crippen LogP contribution in [-0.4, -0.2) is 61.7 Å². The van der Waals surface area contributed by atoms with Crippen molar-refractivity contribution >= 4 is 17.2 Å². The van der Waals surface area contributed by atoms with Gasteiger partial charge < -0.3 is 24.2 Å². The number of nitrogens with zero attached hydrogens (tertiary/aromatic N) is 1. The predicted octanol–water partition coefficient (Wildman–Crippen LogP) is 2.36. The summed E-state index contributed by atoms with van der Waals surface area (Å²) in [7, 11) is 0. The van der Waals surface area contributed by atoms with Crippen molar-refractivity contribution in [1.29, 1.82) is 0 Å². The van der Waals surface area contributed by atoms with Gasteiger partial charge in [-0.2, -0.15) is 11.3 Å². The first-order valence-corrected chi connectivity index (χ1v) is 10.2. The third kappa shape index (κ3) is 4.46. The molecular weight excluding hydrogens is 354 g/mol. The highest BCUT2D eigenvalue weighted by atomic mass is 32.1. The Labute approximate surface area is 158 Å². The average Bonchev–Trinajstić information content (AvgIpc) is 3.21. The molecule has 3 heterocycles. The first-order chi connectivity index (χ1) is 12.7. The van der Waals surface area contributed by atoms with Gasteiger partial charge >= 0.3 is 0 Å². The summed E-state index contributed by atoms with van der Waals surface area (Å²) in [6.45, 7) is 4.84. The number of carbonyl (C=O) groups excluding carboxylic acids is 1. The standard InChI is InChI=1S/C19H27NO5S/c1-2-24-19-15(4-3-8-21)16(14-5-11-26-13-14)12-17(25-19)18(22)20-6-9-23-10-7-20/h5,11-13,15-16,19,21H,2-4,6-10H2,1H3/t15-,16+,19+/m1/s1. The van der Waals surface area contributed by atoms with Crippen LogP contribution in [0.2, 0.25) is 0 Å². The van der Waals surface area contributed by atoms with Crippen molar-refractivity contribution in [2.24, 2.45) is 5.92 Å². The van der Waals surface area contributed by atoms with Gasteiger partial charge in [-0.05, 0) is 48.2 Å². The van der Waals surface area contributed by atoms with Gasteiger partial charge in [-0.1, -0.05) is 0 Å². The second-order valence-electron chi connectivity index (χ2n) is 6.49. The van der Waals surface area contributed by atoms with Crippen LogP contribution in [-0.2, 0) is 19.0 Å². The van der Waals surface area contributed by atoms with Crippen LogP contribution in [0.1, 0.15) is 31.2 Å². The van der Waals surface area contributed by atoms with E-state index >= 15 is 0 Å². The van der Waals surface area contributed by atoms with E-state index in [1.54, 1.807) is 16.2 Å². The molecule has 144 valence electrons. The van der Waals surface area contributed by atoms with E-state index < -0.39 is 6.29 Å². The summed E-state index contributed by atoms with van der Waals surface area (Å²) in [5.74, 6) is 0.372. The molecule has 1 fully saturated rings. The van der Waals surface area contributed by atoms with Crippen molar-refractivity contribution in [3.8, 4) is 0 Å². The van der Waals surface area contributed by atoms with Crippen LogP contribution >= 0.6 is 11.3 Å². The molecule has 0 saturated carbocycles. The largest absolute Gasteiger partial charge is 0.459 e. The van der Waals surface area contributed by atoms with E-state index in [9.17, 15) is 9.90 Å². The fourth-order valence-electron chi connectivity index (χ4n) is 3.52. The second-order valence-corrected chi connectivity index (χ2v) is 7.27. The summed E-state index contributed by atoms with van der Waals surface area (Å²) in [6, 6.07) is 2.09. The topological polar surface area (TPSA) is 68.2 Å². The fourth-order valence-corrected chi connectivity index (χ4v) is 4.23. The summed E-state index contributed by atoms with van der Waals surface area (Å²) in [5, 5.41) is 13.4. The first-order valence-electron chi connectivity index (χ1n) is 9.24. The zero-order valence-corrected chi connectivity index (χ0v) is 16.0. The summed E-state index contributed by atoms with van der Waals surface area (Å²) in [5.41, 5.74) is 1.17. The van der Waals surface area contributed by atoms with Crippen molar-refractivity contribution in [3.05, 3.63) is 34.2 Å². The van der Waals surface area contributed by atoms with Gasteiger partial charge in [0.2, 0.25) is 6.29 Å². The van der Waals surface area contributed by atoms with Gasteiger partial charge in [0.15, 0.2) is 5.76 Å². The molecule has 1 aromatic heterocycles. The highest BCUT2D eigenvalue weighted by Gasteiger charge is 2.39. The molecule has 1 aromatic rings. The molecule has 0 aromatic carbocycles. The lowest BCUT2D eigenvalue weighted by atomic mass is 9.81. The molecular formula is C19H27NO5S. The highest BCUT2D eigenvalue weighted by Crippen LogP contribution is 2.40. The number of rotatable bonds is 7. The molecule has 0 aliphatic carbocycles. The van der Waals surface area contributed by atoms with Gasteiger partial charge in [0.25, 0.3) is 5.91 Å². The molecule has 0 radical (unpaired) electrons. The number of hydrogen-bond acceptors (Lipinski definition) is 6. The van der Waals surface area contributed by atoms with E-state index in [0.29, 0.717) is 45.1 Å². The lowest BCUT2D eigenvalue weighted by Gasteiger charge is -2.38. The third-order valence-corrected chi connectivity index (χ3v) is 5.55. The van der Waals surface area contributed by atoms with Gasteiger partial charge in [0.05, 0.1) is 13.2 Å². The van der Waals surface area contributed by atoms with Crippen molar-refractivity contribution in [2.45, 2.75) is 32.0 Å². The quantitative estimate of drug-likeness (QED) is 0.785. The van der Waals surface area contributed by atoms with E-state index in [-0.39, 0.29) is 24.3 Å². The lowest BCUT2D eigenvalue weighted by Crippen LogP contribution is -2.44. The Morgan fingerprint density at radius 3 is 2.88 bits per heavy atom. The lowest BCUT2D eigenvalue weighted by molar-refractivity contribution is -0.171. The maximum Gasteiger partial charge on any atom is 0.288 e. The number of allylic oxidation sites excluding steroid dienone is 1. The van der Waals surface area contributed by atoms with E-state index in [1.807, 2.05) is 18.4 Å². The van der Waals surface area contributed by atoms with Crippen molar-refractivity contribution < 1.29 is 24.1 Å². The Hall–Kier alpha value is -1.41. The number of aliphatic hydroxyl groups is 1. The maximum atomic E-state index is 12.9. The Bertz CT molecular complexity index is 597. The minimum Gasteiger partial charge on any atom is -0.459 e. The van der Waals surface area contributed by atoms with Crippen LogP contribution in [0.4, 0.5) is 0 Å². The monoisotopic (exact) mass is 381 g/mol. The van der Waals surface area contributed by atoms with Gasteiger partial charge in [-0.15, -0.1) is 0 Å². The van der Waals surface area contributed by atoms with E-state index in [2.05, 4.69) is 11.4 Å². The van der Waals surface area contributed by atoms with E-state index in [1.165, 1.54) is 5.56 Å². The third-order valence-electron chi connectivity index (χ3n) is 4.85. The highest BCUT2D eigenvalue weighted by molar-refractivity contribution is 7.08. The van der Waals surface area contributed by atoms with Crippen LogP contribution in [0, 0.1) is 5.92 Å². The van der Waals surface area contributed by atoms with E-state index in [0.717, 1.165) is 6.42 Å². The van der Waals surface area contributed by atoms with E-state index in [4.69, 9.17) is 14.2 Å². The molecule has 3 atom stereocenters. The second kappa shape index (κ2) is 9.50. The van der Waals surface area contributed by atoms with Crippen molar-refractivity contribution in [2.75, 3.05) is 39.5 Å². The first kappa shape index (κ1) is 19.4. The molecule has 1 amide bonds. The van der Waals surface area contributed by atoms with Crippen LogP contribution in [0.5, 0.6) is 0 Å². The Morgan fingerprint density at radius 2 is 2.23 bits per heavy atom. The minimum absolute atomic E-state index is 0.0399. The molecule has 3 rings (SSSR count). The Morgan fingerprint density at radius 1 is 1.42 bits per heavy atom. The molecule has 0 bridgehead atoms. The molecule has 0 spiro atoms. The average molecular weight is 381 g/mol. The summed E-state index contributed by atoms with van der Waals surface area (Å²) < 4.78 is 17.2. The molecule has 26 heavy (non-hydrogen) atoms. The molecule has 6 nitrogen and oxygen atoms in total. The van der Waals surface area contributed by atoms with Gasteiger partial charge in [0, 0.05) is 38.1 Å². The molecule has 1 N–H and O–H groups in total. The summed E-state index contributed by atoms with van der Waals surface area (Å²) >= 11 is 1.64. The minimum atomic E-state index is -0.485. The van der Waals surface area contributed by atoms with Gasteiger partial charge in [0.1, 0.15) is 0 Å². The molecule has 0 unspecified atom stereocenters. The number of amides is 1. The van der Waals surface area contributed by atoms with Crippen LogP contribution < -0.4 is 0 Å². The zero-order valence-electron chi connectivity index (χ0n) is 15.1. The molecule has 7 heteroatoms. The summed E-state index contributed by atoms with van der Waals surface area (Å²) in [6.07, 6.45) is 2.91. The molecule has 2 aliphatic rings. The molecule has 2 aliphatic heterocycles. The van der Waals surface area contributed by atoms with Crippen molar-refractivity contribution in [3.63, 3.8) is 0 Å². The smallest absolute Gasteiger partial charge is 0.288 e. The zero-order chi connectivity index (χ0) is 18.4. The maximum absolute atomic E-state index is 12.9. The Kier molecular flexibility index (Phi) is 7.07. The number of aliphatic hydroxyl groups excluding tert-OH is 1. The number of carbonyl (C=O) groups is 1. The molecule has 1 saturated heterocycles. The van der Waals surface area contributed by atoms with Gasteiger partial charge in [-0.25, -0.2) is 0 Å².